The van der Waals surface area contributed by atoms with E-state index in [4.69, 9.17) is 23.3 Å². The van der Waals surface area contributed by atoms with Crippen LogP contribution in [0.5, 0.6) is 46.0 Å². The Labute approximate surface area is 735 Å². The minimum absolute atomic E-state index is 0.01000. The highest BCUT2D eigenvalue weighted by Gasteiger charge is 2.28. The number of benzene rings is 8. The molecular weight excluding hydrogens is 1680 g/mol. The van der Waals surface area contributed by atoms with Gasteiger partial charge in [-0.25, -0.2) is 31.1 Å². The molecule has 8 aromatic rings. The monoisotopic (exact) mass is 1810 g/mol. The zero-order valence-corrected chi connectivity index (χ0v) is 79.1. The number of aliphatic imine (C=N–C) groups is 1. The Kier molecular flexibility index (Phi) is 43.2. The van der Waals surface area contributed by atoms with Crippen molar-refractivity contribution in [2.75, 3.05) is 96.7 Å². The van der Waals surface area contributed by atoms with E-state index in [1.165, 1.54) is 48.2 Å². The molecule has 1 saturated heterocycles. The van der Waals surface area contributed by atoms with Gasteiger partial charge in [-0.05, 0) is 157 Å². The largest absolute Gasteiger partial charge is 0.519 e. The zero-order chi connectivity index (χ0) is 93.8. The molecule has 9 rings (SSSR count). The third kappa shape index (κ3) is 30.2. The van der Waals surface area contributed by atoms with Gasteiger partial charge in [0, 0.05) is 100 Å². The van der Waals surface area contributed by atoms with Gasteiger partial charge < -0.3 is 65.4 Å². The zero-order valence-electron chi connectivity index (χ0n) is 75.1. The number of phenolic OH excluding ortho intramolecular Hbond substituents is 8. The van der Waals surface area contributed by atoms with Gasteiger partial charge in [-0.1, -0.05) is 201 Å². The minimum atomic E-state index is -4.00. The number of sulfonamides is 2. The third-order valence-corrected chi connectivity index (χ3v) is 23.0. The van der Waals surface area contributed by atoms with Gasteiger partial charge in [0.05, 0.1) is 44.8 Å². The first kappa shape index (κ1) is 108. The first-order valence-electron chi connectivity index (χ1n) is 39.5. The number of hydrogen-bond donors (Lipinski definition) is 9. The van der Waals surface area contributed by atoms with Crippen LogP contribution >= 0.6 is 27.5 Å². The number of rotatable bonds is 16. The minimum Gasteiger partial charge on any atom is -0.519 e. The second-order valence-electron chi connectivity index (χ2n) is 31.9. The van der Waals surface area contributed by atoms with Crippen molar-refractivity contribution in [3.63, 3.8) is 0 Å². The molecule has 0 saturated carbocycles. The predicted molar refractivity (Wildman–Crippen MR) is 491 cm³/mol. The summed E-state index contributed by atoms with van der Waals surface area (Å²) in [6, 6.07) is 37.3. The van der Waals surface area contributed by atoms with Crippen LogP contribution < -0.4 is 5.14 Å². The number of carbonyl (C=O) groups excluding carboxylic acids is 3. The summed E-state index contributed by atoms with van der Waals surface area (Å²) >= 11 is 8.96. The second-order valence-corrected chi connectivity index (χ2v) is 36.8. The molecule has 0 aliphatic carbocycles. The number of nitro benzene ring substituents is 1. The molecule has 10 N–H and O–H groups in total. The maximum atomic E-state index is 12.4. The lowest BCUT2D eigenvalue weighted by Crippen LogP contribution is -2.47. The van der Waals surface area contributed by atoms with Crippen LogP contribution in [0.1, 0.15) is 239 Å². The molecule has 1 aliphatic heterocycles. The summed E-state index contributed by atoms with van der Waals surface area (Å²) in [6.07, 6.45) is 0. The molecule has 0 unspecified atom stereocenters. The Balaban J connectivity index is 0.000000474. The van der Waals surface area contributed by atoms with Crippen LogP contribution in [-0.2, 0) is 20.0 Å². The van der Waals surface area contributed by atoms with E-state index in [0.717, 1.165) is 75.3 Å². The average molecular weight is 1810 g/mol. The number of nitro groups is 1. The van der Waals surface area contributed by atoms with E-state index < -0.39 is 29.9 Å². The number of carbonyl (C=O) groups is 3. The Hall–Kier alpha value is -10.5. The number of likely N-dealkylation sites (N-methyl/N-ethyl adjacent to an activating group) is 1. The number of halogens is 2. The van der Waals surface area contributed by atoms with E-state index in [-0.39, 0.29) is 115 Å². The van der Waals surface area contributed by atoms with E-state index >= 15 is 0 Å². The van der Waals surface area contributed by atoms with E-state index in [1.54, 1.807) is 95.9 Å². The molecule has 0 atom stereocenters. The fourth-order valence-electron chi connectivity index (χ4n) is 12.0. The van der Waals surface area contributed by atoms with Gasteiger partial charge in [-0.2, -0.15) is 0 Å². The smallest absolute Gasteiger partial charge is 0.273 e. The molecule has 0 radical (unpaired) electrons. The summed E-state index contributed by atoms with van der Waals surface area (Å²) in [7, 11) is 9.60. The van der Waals surface area contributed by atoms with Crippen LogP contribution in [0, 0.1) is 16.7 Å². The molecule has 122 heavy (non-hydrogen) atoms. The molecule has 8 aromatic carbocycles. The maximum Gasteiger partial charge on any atom is 0.273 e. The molecule has 27 nitrogen and oxygen atoms in total. The lowest BCUT2D eigenvalue weighted by molar-refractivity contribution is -0.385. The van der Waals surface area contributed by atoms with E-state index in [2.05, 4.69) is 51.6 Å². The van der Waals surface area contributed by atoms with Gasteiger partial charge in [0.2, 0.25) is 25.7 Å². The fraction of sp³-hybridized carbons (Fsp3) is 0.418. The highest BCUT2D eigenvalue weighted by atomic mass is 79.9. The van der Waals surface area contributed by atoms with Crippen molar-refractivity contribution in [2.45, 2.75) is 168 Å². The lowest BCUT2D eigenvalue weighted by Gasteiger charge is -2.32. The van der Waals surface area contributed by atoms with Crippen molar-refractivity contribution >= 4 is 82.5 Å². The Morgan fingerprint density at radius 2 is 0.861 bits per heavy atom. The number of para-hydroxylation sites is 5. The second kappa shape index (κ2) is 48.9. The van der Waals surface area contributed by atoms with E-state index in [9.17, 15) is 82.2 Å². The van der Waals surface area contributed by atoms with Crippen LogP contribution in [0.25, 0.3) is 4.85 Å². The highest BCUT2D eigenvalue weighted by molar-refractivity contribution is 9.10. The molecule has 668 valence electrons. The van der Waals surface area contributed by atoms with Crippen molar-refractivity contribution in [1.29, 1.82) is 0 Å². The summed E-state index contributed by atoms with van der Waals surface area (Å²) in [5.74, 6) is 2.02. The summed E-state index contributed by atoms with van der Waals surface area (Å²) in [4.78, 5) is 61.7. The standard InChI is InChI=1S/C15H22N2O2.C13H20N2O.C12H16BrNO2.C12H17NO2.C11H17NO3S.C10H11NO.C9H12ClNO3S.C9H11NO3/c1-11(2)12-5-4-6-13(14(12)18)15(19)17-9-7-16(3)8-10-17;1-9(2)10-7-6-8-11(12(10)16)13(14-3)15(4)5;1-7(2)8-5-6-9(13)10(11(8)15)12(16)14(3)4;1-8(2)9-6-5-7-10(11(9)14)12(15)13(3)4;1-8(2)9-6-5-7-10(11(9)13)16(14,15)12(3)4;1-7(2)8-5-4-6-9(11-3)10(8)12;1-5(2)6-3-4-7(10)9(8(6)12)15(11,13)14;1-6(2)8-4-3-7(10(12)13)5-9(8)11/h4-6,11,18H,7-10H2,1-3H3;6-9,16H,1-5H3;5-7,15H,1-4H3;5-8,14H,1-4H3;5-8,13H,1-4H3;4-7,12H,1-2H3;3-5,12H,1-2H3,(H2,11,13,14);3-6,11H,1-2H3. The number of non-ortho nitro benzene ring substituents is 1. The van der Waals surface area contributed by atoms with Crippen LogP contribution in [0.4, 0.5) is 11.4 Å². The SMILES string of the molecule is CC(C)c1ccc(Br)c(C(=O)N(C)C)c1O.CC(C)c1ccc(Cl)c(S(N)(=O)=O)c1O.CC(C)c1ccc([N+](=O)[O-])cc1O.CC(C)c1cccc(C(=O)N(C)C)c1O.CC(C)c1cccc(C(=O)N2CCN(C)CC2)c1O.CC(C)c1cccc(S(=O)(=O)N(C)C)c1O.CN=C(c1cccc(C(C)C)c1O)N(C)C.[C-]#[N+]c1cccc(C(C)C)c1O. The van der Waals surface area contributed by atoms with Gasteiger partial charge in [-0.3, -0.25) is 29.5 Å². The number of primary sulfonamides is 1. The summed E-state index contributed by atoms with van der Waals surface area (Å²) < 4.78 is 47.9. The highest BCUT2D eigenvalue weighted by Crippen LogP contribution is 2.40. The number of piperazine rings is 1. The van der Waals surface area contributed by atoms with Gasteiger partial charge >= 0.3 is 0 Å². The third-order valence-electron chi connectivity index (χ3n) is 19.1. The van der Waals surface area contributed by atoms with E-state index in [1.807, 2.05) is 169 Å². The number of hydrogen-bond acceptors (Lipinski definition) is 19. The number of amides is 3. The fourth-order valence-corrected chi connectivity index (χ4v) is 14.7. The van der Waals surface area contributed by atoms with E-state index in [0.29, 0.717) is 49.6 Å². The molecule has 1 aliphatic rings. The Morgan fingerprint density at radius 3 is 1.25 bits per heavy atom. The van der Waals surface area contributed by atoms with Crippen LogP contribution in [0.2, 0.25) is 5.02 Å². The van der Waals surface area contributed by atoms with Crippen LogP contribution in [0.3, 0.4) is 0 Å². The van der Waals surface area contributed by atoms with Gasteiger partial charge in [0.25, 0.3) is 23.4 Å². The molecule has 0 aromatic heterocycles. The van der Waals surface area contributed by atoms with Crippen molar-refractivity contribution in [3.05, 3.63) is 231 Å². The molecule has 0 spiro atoms. The average Bonchev–Trinajstić information content (AvgIpc) is 0.801. The number of nitrogens with zero attached hydrogens (tertiary/aromatic N) is 9. The molecule has 0 bridgehead atoms. The van der Waals surface area contributed by atoms with Crippen LogP contribution in [0.15, 0.2) is 153 Å². The number of phenols is 8. The van der Waals surface area contributed by atoms with Crippen molar-refractivity contribution in [3.8, 4) is 46.0 Å². The van der Waals surface area contributed by atoms with Crippen molar-refractivity contribution in [2.24, 2.45) is 10.1 Å². The lowest BCUT2D eigenvalue weighted by atomic mass is 9.98. The molecule has 1 heterocycles. The first-order chi connectivity index (χ1) is 56.5. The Bertz CT molecular complexity index is 5170. The van der Waals surface area contributed by atoms with Gasteiger partial charge in [-0.15, -0.1) is 0 Å². The molecule has 31 heteroatoms. The van der Waals surface area contributed by atoms with Crippen LogP contribution in [-0.4, -0.2) is 212 Å². The molecule has 3 amide bonds. The summed E-state index contributed by atoms with van der Waals surface area (Å²) in [5, 5.41) is 94.3. The Morgan fingerprint density at radius 1 is 0.492 bits per heavy atom. The predicted octanol–water partition coefficient (Wildman–Crippen LogP) is 18.6. The van der Waals surface area contributed by atoms with Crippen molar-refractivity contribution < 1.29 is 77.0 Å². The normalized spacial score (nSPS) is 12.1. The van der Waals surface area contributed by atoms with Gasteiger partial charge in [0.15, 0.2) is 0 Å². The quantitative estimate of drug-likeness (QED) is 0.0143. The van der Waals surface area contributed by atoms with Gasteiger partial charge in [0.1, 0.15) is 61.6 Å². The van der Waals surface area contributed by atoms with Crippen molar-refractivity contribution in [1.82, 2.24) is 28.8 Å². The molecular formula is C91H126BrClN10O17S2. The summed E-state index contributed by atoms with van der Waals surface area (Å²) in [5.41, 5.74) is 8.26. The number of amidine groups is 1. The molecule has 1 fully saturated rings. The number of nitrogens with two attached hydrogens (primary N) is 1. The number of aromatic hydroxyl groups is 8. The maximum absolute atomic E-state index is 12.4. The topological polar surface area (TPSA) is 387 Å². The summed E-state index contributed by atoms with van der Waals surface area (Å²) in [6.45, 7) is 41.4. The first-order valence-corrected chi connectivity index (χ1v) is 43.6.